The molecule has 3 rings (SSSR count). The maximum Gasteiger partial charge on any atom is 0.224 e. The lowest BCUT2D eigenvalue weighted by Gasteiger charge is -2.08. The Morgan fingerprint density at radius 2 is 1.88 bits per heavy atom. The summed E-state index contributed by atoms with van der Waals surface area (Å²) in [6.45, 7) is 0.507. The number of carbonyl (C=O) groups is 1. The highest BCUT2D eigenvalue weighted by Crippen LogP contribution is 2.19. The minimum atomic E-state index is -0.0193. The second-order valence-corrected chi connectivity index (χ2v) is 6.81. The second-order valence-electron chi connectivity index (χ2n) is 5.89. The standard InChI is InChI=1S/C20H20BrN3O2/c1-24-13-12-22-20(24)15-4-8-17(9-5-15)23-19(25)3-2-14-26-18-10-6-16(21)7-11-18/h4-13H,2-3,14H2,1H3,(H,23,25). The number of benzene rings is 2. The van der Waals surface area contributed by atoms with Crippen LogP contribution in [0, 0.1) is 0 Å². The number of imidazole rings is 1. The Balaban J connectivity index is 1.43. The van der Waals surface area contributed by atoms with Crippen molar-refractivity contribution in [2.45, 2.75) is 12.8 Å². The Kier molecular flexibility index (Phi) is 6.07. The third kappa shape index (κ3) is 4.95. The van der Waals surface area contributed by atoms with Crippen molar-refractivity contribution < 1.29 is 9.53 Å². The van der Waals surface area contributed by atoms with Gasteiger partial charge in [0, 0.05) is 41.6 Å². The minimum absolute atomic E-state index is 0.0193. The summed E-state index contributed by atoms with van der Waals surface area (Å²) in [7, 11) is 1.95. The van der Waals surface area contributed by atoms with Crippen LogP contribution < -0.4 is 10.1 Å². The Morgan fingerprint density at radius 1 is 1.15 bits per heavy atom. The number of amides is 1. The van der Waals surface area contributed by atoms with Gasteiger partial charge in [0.05, 0.1) is 6.61 Å². The zero-order valence-corrected chi connectivity index (χ0v) is 16.1. The molecule has 0 atom stereocenters. The number of nitrogens with one attached hydrogen (secondary N) is 1. The maximum absolute atomic E-state index is 12.0. The van der Waals surface area contributed by atoms with Crippen LogP contribution >= 0.6 is 15.9 Å². The van der Waals surface area contributed by atoms with Crippen LogP contribution in [0.4, 0.5) is 5.69 Å². The lowest BCUT2D eigenvalue weighted by Crippen LogP contribution is -2.12. The third-order valence-corrected chi connectivity index (χ3v) is 4.41. The highest BCUT2D eigenvalue weighted by Gasteiger charge is 2.05. The van der Waals surface area contributed by atoms with Crippen LogP contribution in [0.15, 0.2) is 65.4 Å². The molecular weight excluding hydrogens is 394 g/mol. The quantitative estimate of drug-likeness (QED) is 0.573. The van der Waals surface area contributed by atoms with E-state index in [1.165, 1.54) is 0 Å². The highest BCUT2D eigenvalue weighted by atomic mass is 79.9. The van der Waals surface area contributed by atoms with E-state index in [0.717, 1.165) is 27.3 Å². The highest BCUT2D eigenvalue weighted by molar-refractivity contribution is 9.10. The van der Waals surface area contributed by atoms with Gasteiger partial charge in [0.1, 0.15) is 11.6 Å². The molecule has 0 aliphatic carbocycles. The van der Waals surface area contributed by atoms with Crippen LogP contribution in [0.5, 0.6) is 5.75 Å². The van der Waals surface area contributed by atoms with Gasteiger partial charge >= 0.3 is 0 Å². The van der Waals surface area contributed by atoms with Crippen molar-refractivity contribution in [3.63, 3.8) is 0 Å². The Hall–Kier alpha value is -2.60. The van der Waals surface area contributed by atoms with E-state index >= 15 is 0 Å². The van der Waals surface area contributed by atoms with Crippen molar-refractivity contribution in [1.29, 1.82) is 0 Å². The van der Waals surface area contributed by atoms with Crippen LogP contribution in [0.2, 0.25) is 0 Å². The molecule has 6 heteroatoms. The molecule has 0 bridgehead atoms. The molecule has 1 amide bonds. The van der Waals surface area contributed by atoms with Crippen molar-refractivity contribution in [2.75, 3.05) is 11.9 Å². The number of hydrogen-bond acceptors (Lipinski definition) is 3. The van der Waals surface area contributed by atoms with Crippen LogP contribution in [-0.2, 0) is 11.8 Å². The van der Waals surface area contributed by atoms with Crippen molar-refractivity contribution >= 4 is 27.5 Å². The van der Waals surface area contributed by atoms with E-state index in [2.05, 4.69) is 26.2 Å². The molecule has 0 saturated heterocycles. The molecule has 5 nitrogen and oxygen atoms in total. The molecule has 0 unspecified atom stereocenters. The predicted molar refractivity (Wildman–Crippen MR) is 106 cm³/mol. The molecule has 26 heavy (non-hydrogen) atoms. The zero-order chi connectivity index (χ0) is 18.4. The van der Waals surface area contributed by atoms with Crippen molar-refractivity contribution in [3.05, 3.63) is 65.4 Å². The van der Waals surface area contributed by atoms with Gasteiger partial charge in [-0.25, -0.2) is 4.98 Å². The molecule has 0 spiro atoms. The fraction of sp³-hybridized carbons (Fsp3) is 0.200. The van der Waals surface area contributed by atoms with Crippen LogP contribution in [0.3, 0.4) is 0 Å². The number of carbonyl (C=O) groups excluding carboxylic acids is 1. The molecular formula is C20H20BrN3O2. The number of ether oxygens (including phenoxy) is 1. The summed E-state index contributed by atoms with van der Waals surface area (Å²) in [5.74, 6) is 1.68. The van der Waals surface area contributed by atoms with Gasteiger partial charge in [-0.2, -0.15) is 0 Å². The summed E-state index contributed by atoms with van der Waals surface area (Å²) in [5.41, 5.74) is 1.79. The van der Waals surface area contributed by atoms with E-state index < -0.39 is 0 Å². The molecule has 0 saturated carbocycles. The van der Waals surface area contributed by atoms with E-state index in [1.54, 1.807) is 6.20 Å². The lowest BCUT2D eigenvalue weighted by molar-refractivity contribution is -0.116. The number of aromatic nitrogens is 2. The van der Waals surface area contributed by atoms with Gasteiger partial charge in [-0.15, -0.1) is 0 Å². The fourth-order valence-corrected chi connectivity index (χ4v) is 2.79. The van der Waals surface area contributed by atoms with Gasteiger partial charge in [0.2, 0.25) is 5.91 Å². The van der Waals surface area contributed by atoms with Gasteiger partial charge in [0.15, 0.2) is 0 Å². The summed E-state index contributed by atoms with van der Waals surface area (Å²) in [4.78, 5) is 16.4. The first-order valence-electron chi connectivity index (χ1n) is 8.38. The molecule has 134 valence electrons. The number of hydrogen-bond donors (Lipinski definition) is 1. The van der Waals surface area contributed by atoms with Gasteiger partial charge in [-0.05, 0) is 55.0 Å². The Morgan fingerprint density at radius 3 is 2.54 bits per heavy atom. The minimum Gasteiger partial charge on any atom is -0.494 e. The van der Waals surface area contributed by atoms with Gasteiger partial charge in [-0.1, -0.05) is 15.9 Å². The fourth-order valence-electron chi connectivity index (χ4n) is 2.52. The summed E-state index contributed by atoms with van der Waals surface area (Å²) in [6, 6.07) is 15.3. The summed E-state index contributed by atoms with van der Waals surface area (Å²) >= 11 is 3.38. The van der Waals surface area contributed by atoms with E-state index in [4.69, 9.17) is 4.74 Å². The van der Waals surface area contributed by atoms with Gasteiger partial charge < -0.3 is 14.6 Å². The van der Waals surface area contributed by atoms with Gasteiger partial charge in [-0.3, -0.25) is 4.79 Å². The van der Waals surface area contributed by atoms with Crippen LogP contribution in [-0.4, -0.2) is 22.1 Å². The molecule has 1 aromatic heterocycles. The van der Waals surface area contributed by atoms with Gasteiger partial charge in [0.25, 0.3) is 0 Å². The lowest BCUT2D eigenvalue weighted by atomic mass is 10.2. The third-order valence-electron chi connectivity index (χ3n) is 3.88. The smallest absolute Gasteiger partial charge is 0.224 e. The molecule has 0 radical (unpaired) electrons. The average Bonchev–Trinajstić information content (AvgIpc) is 3.07. The summed E-state index contributed by atoms with van der Waals surface area (Å²) in [5, 5.41) is 2.91. The maximum atomic E-state index is 12.0. The molecule has 1 N–H and O–H groups in total. The van der Waals surface area contributed by atoms with Crippen molar-refractivity contribution in [3.8, 4) is 17.1 Å². The first kappa shape index (κ1) is 18.2. The molecule has 0 aliphatic rings. The monoisotopic (exact) mass is 413 g/mol. The number of nitrogens with zero attached hydrogens (tertiary/aromatic N) is 2. The van der Waals surface area contributed by atoms with Crippen molar-refractivity contribution in [2.24, 2.45) is 7.05 Å². The first-order chi connectivity index (χ1) is 12.6. The van der Waals surface area contributed by atoms with E-state index in [1.807, 2.05) is 66.3 Å². The topological polar surface area (TPSA) is 56.2 Å². The number of aryl methyl sites for hydroxylation is 1. The molecule has 3 aromatic rings. The summed E-state index contributed by atoms with van der Waals surface area (Å²) < 4.78 is 8.59. The van der Waals surface area contributed by atoms with E-state index in [-0.39, 0.29) is 5.91 Å². The molecule has 0 aliphatic heterocycles. The zero-order valence-electron chi connectivity index (χ0n) is 14.5. The average molecular weight is 414 g/mol. The van der Waals surface area contributed by atoms with E-state index in [0.29, 0.717) is 19.4 Å². The predicted octanol–water partition coefficient (Wildman–Crippen LogP) is 4.65. The Labute approximate surface area is 161 Å². The van der Waals surface area contributed by atoms with E-state index in [9.17, 15) is 4.79 Å². The molecule has 1 heterocycles. The number of halogens is 1. The normalized spacial score (nSPS) is 10.5. The SMILES string of the molecule is Cn1ccnc1-c1ccc(NC(=O)CCCOc2ccc(Br)cc2)cc1. The first-order valence-corrected chi connectivity index (χ1v) is 9.17. The second kappa shape index (κ2) is 8.67. The Bertz CT molecular complexity index is 858. The van der Waals surface area contributed by atoms with Crippen molar-refractivity contribution in [1.82, 2.24) is 9.55 Å². The molecule has 0 fully saturated rings. The summed E-state index contributed by atoms with van der Waals surface area (Å²) in [6.07, 6.45) is 4.74. The number of anilines is 1. The number of rotatable bonds is 7. The van der Waals surface area contributed by atoms with Crippen LogP contribution in [0.25, 0.3) is 11.4 Å². The van der Waals surface area contributed by atoms with Crippen LogP contribution in [0.1, 0.15) is 12.8 Å². The molecule has 2 aromatic carbocycles. The largest absolute Gasteiger partial charge is 0.494 e.